The van der Waals surface area contributed by atoms with Crippen LogP contribution in [-0.2, 0) is 64.2 Å². The van der Waals surface area contributed by atoms with Crippen LogP contribution in [0.15, 0.2) is 109 Å². The Kier molecular flexibility index (Phi) is 16.0. The molecule has 348 valence electrons. The lowest BCUT2D eigenvalue weighted by molar-refractivity contribution is -0.151. The van der Waals surface area contributed by atoms with E-state index in [0.717, 1.165) is 52.8 Å². The summed E-state index contributed by atoms with van der Waals surface area (Å²) < 4.78 is 10.6. The molecule has 3 heterocycles. The van der Waals surface area contributed by atoms with Gasteiger partial charge in [-0.2, -0.15) is 0 Å². The van der Waals surface area contributed by atoms with Crippen molar-refractivity contribution in [3.8, 4) is 0 Å². The molecule has 11 heteroatoms. The minimum absolute atomic E-state index is 0.000448. The Bertz CT molecular complexity index is 2300. The second kappa shape index (κ2) is 22.0. The number of ketones is 3. The fourth-order valence-electron chi connectivity index (χ4n) is 9.82. The molecular weight excluding hydrogens is 831 g/mol. The molecule has 0 bridgehead atoms. The van der Waals surface area contributed by atoms with Gasteiger partial charge in [-0.05, 0) is 83.9 Å². The average Bonchev–Trinajstić information content (AvgIpc) is 4.15. The molecule has 0 saturated carbocycles. The lowest BCUT2D eigenvalue weighted by Gasteiger charge is -2.34. The van der Waals surface area contributed by atoms with Crippen LogP contribution in [0.3, 0.4) is 0 Å². The summed E-state index contributed by atoms with van der Waals surface area (Å²) in [7, 11) is 1.32. The lowest BCUT2D eigenvalue weighted by atomic mass is 9.77. The van der Waals surface area contributed by atoms with Gasteiger partial charge in [-0.1, -0.05) is 118 Å². The number of para-hydroxylation sites is 1. The van der Waals surface area contributed by atoms with Gasteiger partial charge < -0.3 is 24.2 Å². The van der Waals surface area contributed by atoms with Crippen molar-refractivity contribution in [1.82, 2.24) is 9.80 Å². The molecule has 0 N–H and O–H groups in total. The van der Waals surface area contributed by atoms with E-state index in [1.807, 2.05) is 93.6 Å². The predicted molar refractivity (Wildman–Crippen MR) is 253 cm³/mol. The van der Waals surface area contributed by atoms with Gasteiger partial charge in [-0.25, -0.2) is 0 Å². The van der Waals surface area contributed by atoms with Gasteiger partial charge >= 0.3 is 5.97 Å². The normalized spacial score (nSPS) is 19.3. The van der Waals surface area contributed by atoms with Gasteiger partial charge in [0, 0.05) is 57.7 Å². The van der Waals surface area contributed by atoms with Crippen molar-refractivity contribution >= 4 is 40.8 Å². The first-order chi connectivity index (χ1) is 31.8. The van der Waals surface area contributed by atoms with Gasteiger partial charge in [0.15, 0.2) is 17.3 Å². The van der Waals surface area contributed by atoms with Gasteiger partial charge in [0.1, 0.15) is 6.10 Å². The largest absolute Gasteiger partial charge is 0.469 e. The molecule has 4 aromatic rings. The van der Waals surface area contributed by atoms with Crippen LogP contribution >= 0.6 is 0 Å². The van der Waals surface area contributed by atoms with Crippen LogP contribution in [-0.4, -0.2) is 89.9 Å². The van der Waals surface area contributed by atoms with Crippen LogP contribution in [0.2, 0.25) is 0 Å². The molecule has 0 aromatic heterocycles. The van der Waals surface area contributed by atoms with E-state index in [-0.39, 0.29) is 54.8 Å². The molecule has 1 unspecified atom stereocenters. The first-order valence-corrected chi connectivity index (χ1v) is 23.7. The highest BCUT2D eigenvalue weighted by Crippen LogP contribution is 2.34. The predicted octanol–water partition coefficient (Wildman–Crippen LogP) is 8.25. The number of nitrogens with zero attached hydrogens (tertiary/aromatic N) is 3. The number of anilines is 1. The minimum Gasteiger partial charge on any atom is -0.469 e. The van der Waals surface area contributed by atoms with E-state index in [0.29, 0.717) is 52.0 Å². The molecule has 0 radical (unpaired) electrons. The highest BCUT2D eigenvalue weighted by Gasteiger charge is 2.42. The third-order valence-electron chi connectivity index (χ3n) is 13.6. The number of likely N-dealkylation sites (tertiary alicyclic amines) is 2. The Morgan fingerprint density at radius 1 is 0.621 bits per heavy atom. The Balaban J connectivity index is 0.968. The van der Waals surface area contributed by atoms with Crippen molar-refractivity contribution in [1.29, 1.82) is 0 Å². The quantitative estimate of drug-likeness (QED) is 0.0855. The fourth-order valence-corrected chi connectivity index (χ4v) is 9.82. The van der Waals surface area contributed by atoms with E-state index in [1.54, 1.807) is 9.80 Å². The number of esters is 1. The highest BCUT2D eigenvalue weighted by atomic mass is 16.5. The topological polar surface area (TPSA) is 131 Å². The maximum absolute atomic E-state index is 14.2. The number of carbonyl (C=O) groups is 6. The number of ether oxygens (including phenoxy) is 2. The molecule has 3 aliphatic heterocycles. The van der Waals surface area contributed by atoms with E-state index >= 15 is 0 Å². The molecule has 5 atom stereocenters. The Morgan fingerprint density at radius 2 is 1.12 bits per heavy atom. The SMILES string of the molecule is COC(=O)C[C@H](C(=O)N1CCC[C@H]1C(=O)Cc1ccc(CN(Cc2ccc(CC(=O)[C@@H]3CCCN3C(=O)[C@H](CC(=O)C3CCCO3)c3ccccc3)cc2)c2ccccc2)cc1)C(C)(C)C. The Morgan fingerprint density at radius 3 is 1.61 bits per heavy atom. The van der Waals surface area contributed by atoms with Gasteiger partial charge in [-0.15, -0.1) is 0 Å². The van der Waals surface area contributed by atoms with Crippen LogP contribution in [0.4, 0.5) is 5.69 Å². The number of amides is 2. The molecule has 3 fully saturated rings. The van der Waals surface area contributed by atoms with E-state index in [4.69, 9.17) is 9.47 Å². The third kappa shape index (κ3) is 12.1. The number of hydrogen-bond acceptors (Lipinski definition) is 9. The number of hydrogen-bond donors (Lipinski definition) is 0. The second-order valence-corrected chi connectivity index (χ2v) is 19.3. The van der Waals surface area contributed by atoms with E-state index < -0.39 is 41.4 Å². The van der Waals surface area contributed by atoms with Crippen LogP contribution in [0.25, 0.3) is 0 Å². The molecule has 4 aromatic carbocycles. The zero-order valence-electron chi connectivity index (χ0n) is 39.0. The molecule has 66 heavy (non-hydrogen) atoms. The number of methoxy groups -OCH3 is 1. The van der Waals surface area contributed by atoms with Crippen LogP contribution < -0.4 is 4.90 Å². The second-order valence-electron chi connectivity index (χ2n) is 19.3. The molecule has 2 amide bonds. The van der Waals surface area contributed by atoms with Crippen LogP contribution in [0, 0.1) is 11.3 Å². The van der Waals surface area contributed by atoms with Crippen molar-refractivity contribution in [3.05, 3.63) is 137 Å². The average molecular weight is 896 g/mol. The molecular formula is C55H65N3O8. The number of carbonyl (C=O) groups excluding carboxylic acids is 6. The molecule has 3 saturated heterocycles. The van der Waals surface area contributed by atoms with Crippen molar-refractivity contribution in [2.75, 3.05) is 31.7 Å². The first-order valence-electron chi connectivity index (χ1n) is 23.7. The summed E-state index contributed by atoms with van der Waals surface area (Å²) in [6.45, 7) is 8.59. The summed E-state index contributed by atoms with van der Waals surface area (Å²) in [5, 5.41) is 0. The van der Waals surface area contributed by atoms with Gasteiger partial charge in [0.05, 0.1) is 37.5 Å². The van der Waals surface area contributed by atoms with E-state index in [2.05, 4.69) is 41.3 Å². The zero-order chi connectivity index (χ0) is 46.8. The van der Waals surface area contributed by atoms with Crippen LogP contribution in [0.1, 0.15) is 106 Å². The smallest absolute Gasteiger partial charge is 0.306 e. The van der Waals surface area contributed by atoms with Crippen molar-refractivity contribution in [3.63, 3.8) is 0 Å². The van der Waals surface area contributed by atoms with Gasteiger partial charge in [0.25, 0.3) is 0 Å². The van der Waals surface area contributed by atoms with Crippen molar-refractivity contribution in [2.45, 2.75) is 122 Å². The van der Waals surface area contributed by atoms with E-state index in [1.165, 1.54) is 7.11 Å². The molecule has 0 aliphatic carbocycles. The lowest BCUT2D eigenvalue weighted by Crippen LogP contribution is -2.47. The molecule has 7 rings (SSSR count). The Labute approximate surface area is 389 Å². The summed E-state index contributed by atoms with van der Waals surface area (Å²) in [5.41, 5.74) is 5.28. The summed E-state index contributed by atoms with van der Waals surface area (Å²) in [5.74, 6) is -2.07. The minimum atomic E-state index is -0.661. The summed E-state index contributed by atoms with van der Waals surface area (Å²) in [6, 6.07) is 34.8. The highest BCUT2D eigenvalue weighted by molar-refractivity contribution is 5.96. The van der Waals surface area contributed by atoms with Crippen LogP contribution in [0.5, 0.6) is 0 Å². The number of benzene rings is 4. The number of rotatable bonds is 19. The maximum atomic E-state index is 14.2. The molecule has 0 spiro atoms. The molecule has 11 nitrogen and oxygen atoms in total. The fraction of sp³-hybridized carbons (Fsp3) is 0.455. The summed E-state index contributed by atoms with van der Waals surface area (Å²) >= 11 is 0. The van der Waals surface area contributed by atoms with Crippen molar-refractivity contribution in [2.24, 2.45) is 11.3 Å². The number of Topliss-reactive ketones (excluding diaryl/α,β-unsaturated/α-hetero) is 3. The van der Waals surface area contributed by atoms with E-state index in [9.17, 15) is 28.8 Å². The van der Waals surface area contributed by atoms with Gasteiger partial charge in [0.2, 0.25) is 11.8 Å². The maximum Gasteiger partial charge on any atom is 0.306 e. The monoisotopic (exact) mass is 895 g/mol. The third-order valence-corrected chi connectivity index (χ3v) is 13.6. The van der Waals surface area contributed by atoms with Crippen molar-refractivity contribution < 1.29 is 38.2 Å². The summed E-state index contributed by atoms with van der Waals surface area (Å²) in [4.78, 5) is 86.8. The summed E-state index contributed by atoms with van der Waals surface area (Å²) in [6.07, 6.45) is 4.19. The zero-order valence-corrected chi connectivity index (χ0v) is 39.0. The molecule has 3 aliphatic rings. The first kappa shape index (κ1) is 48.0. The standard InChI is InChI=1S/C55H65N3O8/c1-55(2,3)45(35-52(62)65-4)54(64)58-30-12-19-47(58)49(60)33-39-23-27-41(28-24-39)37-56(43-16-9-6-10-17-43)36-40-25-21-38(22-26-40)32-48(59)46-18-11-29-57(46)53(63)44(42-14-7-5-8-15-42)34-50(61)51-20-13-31-66-51/h5-10,14-17,21-28,44-47,51H,11-13,18-20,29-37H2,1-4H3/t44-,45-,46+,47+,51?/m1/s1. The Hall–Kier alpha value is -5.94. The van der Waals surface area contributed by atoms with Gasteiger partial charge in [-0.3, -0.25) is 28.8 Å².